The van der Waals surface area contributed by atoms with E-state index in [1.807, 2.05) is 49.1 Å². The van der Waals surface area contributed by atoms with Crippen LogP contribution in [0.2, 0.25) is 0 Å². The second-order valence-corrected chi connectivity index (χ2v) is 11.0. The lowest BCUT2D eigenvalue weighted by Gasteiger charge is -2.35. The molecule has 1 aromatic carbocycles. The van der Waals surface area contributed by atoms with E-state index in [-0.39, 0.29) is 25.0 Å². The van der Waals surface area contributed by atoms with Gasteiger partial charge in [0.15, 0.2) is 0 Å². The molecule has 174 valence electrons. The van der Waals surface area contributed by atoms with Gasteiger partial charge in [-0.15, -0.1) is 0 Å². The summed E-state index contributed by atoms with van der Waals surface area (Å²) < 4.78 is 30.8. The van der Waals surface area contributed by atoms with Crippen LogP contribution in [0.25, 0.3) is 0 Å². The number of carbonyl (C=O) groups is 2. The number of hydrogen-bond acceptors (Lipinski definition) is 5. The molecule has 0 aromatic heterocycles. The van der Waals surface area contributed by atoms with E-state index in [1.165, 1.54) is 7.05 Å². The summed E-state index contributed by atoms with van der Waals surface area (Å²) in [5.74, 6) is -1.91. The fourth-order valence-corrected chi connectivity index (χ4v) is 4.34. The van der Waals surface area contributed by atoms with Crippen molar-refractivity contribution in [2.24, 2.45) is 17.8 Å². The van der Waals surface area contributed by atoms with Crippen LogP contribution in [0.4, 0.5) is 0 Å². The van der Waals surface area contributed by atoms with Gasteiger partial charge in [-0.2, -0.15) is 0 Å². The topological polar surface area (TPSA) is 84.0 Å². The highest BCUT2D eigenvalue weighted by Gasteiger charge is 2.39. The smallest absolute Gasteiger partial charge is 0.311 e. The van der Waals surface area contributed by atoms with Crippen molar-refractivity contribution < 1.29 is 22.7 Å². The van der Waals surface area contributed by atoms with E-state index in [0.717, 1.165) is 35.4 Å². The van der Waals surface area contributed by atoms with Gasteiger partial charge in [0.05, 0.1) is 18.1 Å². The maximum atomic E-state index is 13.4. The number of hydrogen-bond donors (Lipinski definition) is 0. The summed E-state index contributed by atoms with van der Waals surface area (Å²) in [5, 5.41) is 0. The quantitative estimate of drug-likeness (QED) is 0.510. The average Bonchev–Trinajstić information content (AvgIpc) is 2.74. The van der Waals surface area contributed by atoms with Gasteiger partial charge in [0.25, 0.3) is 0 Å². The summed E-state index contributed by atoms with van der Waals surface area (Å²) in [6.45, 7) is 5.38. The summed E-state index contributed by atoms with van der Waals surface area (Å²) in [7, 11) is -2.08. The molecule has 31 heavy (non-hydrogen) atoms. The highest BCUT2D eigenvalue weighted by Crippen LogP contribution is 2.28. The molecule has 2 atom stereocenters. The summed E-state index contributed by atoms with van der Waals surface area (Å²) in [6.07, 6.45) is 4.60. The molecule has 0 unspecified atom stereocenters. The minimum atomic E-state index is -3.51. The molecule has 1 fully saturated rings. The molecule has 0 radical (unpaired) electrons. The maximum Gasteiger partial charge on any atom is 0.311 e. The summed E-state index contributed by atoms with van der Waals surface area (Å²) in [4.78, 5) is 28.4. The van der Waals surface area contributed by atoms with Crippen LogP contribution in [-0.2, 0) is 31.0 Å². The van der Waals surface area contributed by atoms with Gasteiger partial charge < -0.3 is 9.64 Å². The van der Waals surface area contributed by atoms with Gasteiger partial charge >= 0.3 is 5.97 Å². The highest BCUT2D eigenvalue weighted by molar-refractivity contribution is 7.88. The van der Waals surface area contributed by atoms with Crippen LogP contribution in [0, 0.1) is 17.8 Å². The monoisotopic (exact) mass is 452 g/mol. The van der Waals surface area contributed by atoms with E-state index in [2.05, 4.69) is 0 Å². The first kappa shape index (κ1) is 25.3. The second-order valence-electron chi connectivity index (χ2n) is 8.87. The molecule has 8 heteroatoms. The number of esters is 1. The van der Waals surface area contributed by atoms with Crippen molar-refractivity contribution in [1.29, 1.82) is 0 Å². The summed E-state index contributed by atoms with van der Waals surface area (Å²) >= 11 is 0. The van der Waals surface area contributed by atoms with Gasteiger partial charge in [-0.25, -0.2) is 12.7 Å². The third kappa shape index (κ3) is 7.92. The van der Waals surface area contributed by atoms with Crippen LogP contribution >= 0.6 is 0 Å². The maximum absolute atomic E-state index is 13.4. The lowest BCUT2D eigenvalue weighted by molar-refractivity contribution is -0.157. The molecule has 1 aliphatic rings. The fraction of sp³-hybridized carbons (Fsp3) is 0.652. The largest absolute Gasteiger partial charge is 0.461 e. The molecule has 1 saturated heterocycles. The normalized spacial score (nSPS) is 16.9. The third-order valence-corrected chi connectivity index (χ3v) is 7.02. The molecule has 0 saturated carbocycles. The Morgan fingerprint density at radius 1 is 1.06 bits per heavy atom. The zero-order valence-electron chi connectivity index (χ0n) is 19.1. The fourth-order valence-electron chi connectivity index (χ4n) is 3.91. The minimum absolute atomic E-state index is 0.0723. The Kier molecular flexibility index (Phi) is 9.50. The average molecular weight is 453 g/mol. The molecular formula is C23H36N2O5S. The van der Waals surface area contributed by atoms with Crippen LogP contribution in [0.5, 0.6) is 0 Å². The summed E-state index contributed by atoms with van der Waals surface area (Å²) in [5.41, 5.74) is 0.842. The van der Waals surface area contributed by atoms with Crippen molar-refractivity contribution >= 4 is 21.9 Å². The first-order valence-electron chi connectivity index (χ1n) is 11.0. The highest BCUT2D eigenvalue weighted by atomic mass is 32.2. The number of piperidine rings is 1. The van der Waals surface area contributed by atoms with Gasteiger partial charge in [0.1, 0.15) is 6.61 Å². The predicted molar refractivity (Wildman–Crippen MR) is 121 cm³/mol. The number of carbonyl (C=O) groups excluding carboxylic acids is 2. The van der Waals surface area contributed by atoms with Crippen LogP contribution in [0.3, 0.4) is 0 Å². The van der Waals surface area contributed by atoms with Gasteiger partial charge in [-0.1, -0.05) is 44.2 Å². The Labute approximate surface area is 186 Å². The van der Waals surface area contributed by atoms with E-state index in [0.29, 0.717) is 19.5 Å². The third-order valence-electron chi connectivity index (χ3n) is 5.74. The molecular weight excluding hydrogens is 416 g/mol. The number of sulfonamides is 1. The van der Waals surface area contributed by atoms with Crippen LogP contribution in [0.1, 0.15) is 45.1 Å². The molecule has 1 amide bonds. The Morgan fingerprint density at radius 3 is 2.23 bits per heavy atom. The summed E-state index contributed by atoms with van der Waals surface area (Å²) in [6, 6.07) is 9.31. The molecule has 1 aromatic rings. The zero-order chi connectivity index (χ0) is 23.0. The molecule has 0 N–H and O–H groups in total. The van der Waals surface area contributed by atoms with Crippen LogP contribution < -0.4 is 0 Å². The lowest BCUT2D eigenvalue weighted by atomic mass is 9.83. The standard InChI is InChI=1S/C23H36N2O5S/c1-18(2)15-20(22(26)25-13-9-6-10-14-25)21(16-24(3)31(4,28)29)23(27)30-17-19-11-7-5-8-12-19/h5,7-8,11-12,18,20-21H,6,9-10,13-17H2,1-4H3/t20-,21+/m1/s1. The van der Waals surface area contributed by atoms with Crippen LogP contribution in [0.15, 0.2) is 30.3 Å². The van der Waals surface area contributed by atoms with Gasteiger partial charge in [-0.3, -0.25) is 9.59 Å². The van der Waals surface area contributed by atoms with Crippen molar-refractivity contribution in [2.45, 2.75) is 46.1 Å². The van der Waals surface area contributed by atoms with Gasteiger partial charge in [-0.05, 0) is 37.2 Å². The van der Waals surface area contributed by atoms with Gasteiger partial charge in [0, 0.05) is 26.7 Å². The van der Waals surface area contributed by atoms with Crippen molar-refractivity contribution in [3.63, 3.8) is 0 Å². The Hall–Kier alpha value is -1.93. The number of nitrogens with zero attached hydrogens (tertiary/aromatic N) is 2. The molecule has 0 spiro atoms. The lowest BCUT2D eigenvalue weighted by Crippen LogP contribution is -2.47. The van der Waals surface area contributed by atoms with Crippen molar-refractivity contribution in [3.05, 3.63) is 35.9 Å². The Morgan fingerprint density at radius 2 is 1.68 bits per heavy atom. The number of rotatable bonds is 10. The number of benzene rings is 1. The SMILES string of the molecule is CC(C)C[C@@H](C(=O)N1CCCCC1)[C@H](CN(C)S(C)(=O)=O)C(=O)OCc1ccccc1. The van der Waals surface area contributed by atoms with Gasteiger partial charge in [0.2, 0.25) is 15.9 Å². The number of ether oxygens (including phenoxy) is 1. The van der Waals surface area contributed by atoms with E-state index in [1.54, 1.807) is 0 Å². The van der Waals surface area contributed by atoms with E-state index in [4.69, 9.17) is 4.74 Å². The molecule has 0 bridgehead atoms. The van der Waals surface area contributed by atoms with E-state index in [9.17, 15) is 18.0 Å². The zero-order valence-corrected chi connectivity index (χ0v) is 19.9. The molecule has 0 aliphatic carbocycles. The van der Waals surface area contributed by atoms with E-state index >= 15 is 0 Å². The Bertz CT molecular complexity index is 820. The van der Waals surface area contributed by atoms with Crippen molar-refractivity contribution in [1.82, 2.24) is 9.21 Å². The first-order valence-corrected chi connectivity index (χ1v) is 12.8. The molecule has 7 nitrogen and oxygen atoms in total. The molecule has 1 aliphatic heterocycles. The molecule has 1 heterocycles. The predicted octanol–water partition coefficient (Wildman–Crippen LogP) is 2.91. The minimum Gasteiger partial charge on any atom is -0.461 e. The first-order chi connectivity index (χ1) is 14.6. The number of likely N-dealkylation sites (tertiary alicyclic amines) is 1. The van der Waals surface area contributed by atoms with Crippen molar-refractivity contribution in [3.8, 4) is 0 Å². The van der Waals surface area contributed by atoms with Crippen LogP contribution in [-0.4, -0.2) is 62.4 Å². The van der Waals surface area contributed by atoms with Crippen molar-refractivity contribution in [2.75, 3.05) is 32.9 Å². The second kappa shape index (κ2) is 11.6. The van der Waals surface area contributed by atoms with E-state index < -0.39 is 27.8 Å². The Balaban J connectivity index is 2.27. The number of amides is 1. The molecule has 2 rings (SSSR count).